The third-order valence-corrected chi connectivity index (χ3v) is 2.52. The molecular formula is C14H22N4O2. The van der Waals surface area contributed by atoms with Gasteiger partial charge in [0.05, 0.1) is 5.56 Å². The van der Waals surface area contributed by atoms with Crippen LogP contribution < -0.4 is 16.0 Å². The number of amides is 2. The third kappa shape index (κ3) is 4.87. The van der Waals surface area contributed by atoms with Gasteiger partial charge in [0.25, 0.3) is 5.91 Å². The number of hydrogen-bond acceptors (Lipinski definition) is 4. The van der Waals surface area contributed by atoms with Gasteiger partial charge in [-0.25, -0.2) is 4.98 Å². The number of hydrogen-bond donors (Lipinski definition) is 3. The minimum atomic E-state index is -0.606. The summed E-state index contributed by atoms with van der Waals surface area (Å²) >= 11 is 0. The van der Waals surface area contributed by atoms with Crippen LogP contribution in [-0.2, 0) is 4.79 Å². The van der Waals surface area contributed by atoms with Crippen molar-refractivity contribution in [3.63, 3.8) is 0 Å². The van der Waals surface area contributed by atoms with E-state index in [9.17, 15) is 9.59 Å². The van der Waals surface area contributed by atoms with E-state index in [1.807, 2.05) is 20.8 Å². The first-order valence-corrected chi connectivity index (χ1v) is 6.49. The van der Waals surface area contributed by atoms with Gasteiger partial charge in [-0.05, 0) is 39.8 Å². The number of carbonyl (C=O) groups is 2. The average molecular weight is 278 g/mol. The quantitative estimate of drug-likeness (QED) is 0.771. The van der Waals surface area contributed by atoms with Gasteiger partial charge in [-0.2, -0.15) is 0 Å². The largest absolute Gasteiger partial charge is 0.373 e. The maximum atomic E-state index is 12.0. The van der Waals surface area contributed by atoms with Gasteiger partial charge in [-0.3, -0.25) is 9.59 Å². The topological polar surface area (TPSA) is 83.1 Å². The number of carbonyl (C=O) groups excluding carboxylic acids is 2. The number of anilines is 1. The van der Waals surface area contributed by atoms with Gasteiger partial charge in [-0.15, -0.1) is 0 Å². The number of aromatic nitrogens is 1. The van der Waals surface area contributed by atoms with E-state index in [0.717, 1.165) is 0 Å². The molecule has 1 aromatic rings. The Morgan fingerprint density at radius 2 is 1.90 bits per heavy atom. The molecule has 3 N–H and O–H groups in total. The minimum absolute atomic E-state index is 0.217. The van der Waals surface area contributed by atoms with Crippen LogP contribution in [0.3, 0.4) is 0 Å². The molecule has 1 heterocycles. The second-order valence-corrected chi connectivity index (χ2v) is 5.62. The molecule has 0 saturated carbocycles. The molecule has 110 valence electrons. The van der Waals surface area contributed by atoms with Gasteiger partial charge in [-0.1, -0.05) is 0 Å². The Kier molecular flexibility index (Phi) is 5.07. The Morgan fingerprint density at radius 3 is 2.35 bits per heavy atom. The SMILES string of the molecule is CNc1ccc(C(=O)NC(C)C(=O)NC(C)(C)C)cn1. The number of nitrogens with one attached hydrogen (secondary N) is 3. The molecular weight excluding hydrogens is 256 g/mol. The molecule has 0 spiro atoms. The minimum Gasteiger partial charge on any atom is -0.373 e. The van der Waals surface area contributed by atoms with Crippen molar-refractivity contribution < 1.29 is 9.59 Å². The maximum Gasteiger partial charge on any atom is 0.253 e. The molecule has 0 fully saturated rings. The molecule has 6 heteroatoms. The van der Waals surface area contributed by atoms with Crippen LogP contribution in [0.5, 0.6) is 0 Å². The highest BCUT2D eigenvalue weighted by molar-refractivity contribution is 5.97. The summed E-state index contributed by atoms with van der Waals surface area (Å²) in [6.45, 7) is 7.31. The lowest BCUT2D eigenvalue weighted by Gasteiger charge is -2.23. The first-order valence-electron chi connectivity index (χ1n) is 6.49. The van der Waals surface area contributed by atoms with E-state index in [1.165, 1.54) is 6.20 Å². The molecule has 1 atom stereocenters. The Morgan fingerprint density at radius 1 is 1.25 bits per heavy atom. The molecule has 1 aromatic heterocycles. The van der Waals surface area contributed by atoms with Gasteiger partial charge >= 0.3 is 0 Å². The van der Waals surface area contributed by atoms with Gasteiger partial charge in [0.2, 0.25) is 5.91 Å². The monoisotopic (exact) mass is 278 g/mol. The smallest absolute Gasteiger partial charge is 0.253 e. The van der Waals surface area contributed by atoms with Gasteiger partial charge in [0.1, 0.15) is 11.9 Å². The first kappa shape index (κ1) is 15.9. The summed E-state index contributed by atoms with van der Waals surface area (Å²) in [4.78, 5) is 27.9. The van der Waals surface area contributed by atoms with Crippen LogP contribution in [0.2, 0.25) is 0 Å². The molecule has 0 bridgehead atoms. The molecule has 0 saturated heterocycles. The van der Waals surface area contributed by atoms with Crippen molar-refractivity contribution in [1.82, 2.24) is 15.6 Å². The van der Waals surface area contributed by atoms with E-state index in [-0.39, 0.29) is 17.4 Å². The summed E-state index contributed by atoms with van der Waals surface area (Å²) in [5.41, 5.74) is 0.0888. The van der Waals surface area contributed by atoms with Crippen molar-refractivity contribution in [2.45, 2.75) is 39.3 Å². The normalized spacial score (nSPS) is 12.4. The molecule has 1 unspecified atom stereocenters. The zero-order valence-electron chi connectivity index (χ0n) is 12.6. The second kappa shape index (κ2) is 6.36. The van der Waals surface area contributed by atoms with Crippen molar-refractivity contribution in [2.75, 3.05) is 12.4 Å². The Hall–Kier alpha value is -2.11. The van der Waals surface area contributed by atoms with E-state index in [4.69, 9.17) is 0 Å². The first-order chi connectivity index (χ1) is 9.23. The van der Waals surface area contributed by atoms with Crippen LogP contribution in [0.4, 0.5) is 5.82 Å². The summed E-state index contributed by atoms with van der Waals surface area (Å²) in [7, 11) is 1.75. The predicted octanol–water partition coefficient (Wildman–Crippen LogP) is 1.16. The molecule has 0 aromatic carbocycles. The van der Waals surface area contributed by atoms with Crippen molar-refractivity contribution in [2.24, 2.45) is 0 Å². The van der Waals surface area contributed by atoms with E-state index < -0.39 is 6.04 Å². The van der Waals surface area contributed by atoms with Crippen molar-refractivity contribution in [3.05, 3.63) is 23.9 Å². The third-order valence-electron chi connectivity index (χ3n) is 2.52. The predicted molar refractivity (Wildman–Crippen MR) is 78.6 cm³/mol. The molecule has 0 aliphatic heterocycles. The molecule has 1 rings (SSSR count). The molecule has 6 nitrogen and oxygen atoms in total. The highest BCUT2D eigenvalue weighted by atomic mass is 16.2. The van der Waals surface area contributed by atoms with Crippen LogP contribution in [-0.4, -0.2) is 35.4 Å². The lowest BCUT2D eigenvalue weighted by atomic mass is 10.1. The molecule has 2 amide bonds. The highest BCUT2D eigenvalue weighted by Crippen LogP contribution is 2.05. The fraction of sp³-hybridized carbons (Fsp3) is 0.500. The van der Waals surface area contributed by atoms with E-state index in [2.05, 4.69) is 20.9 Å². The summed E-state index contributed by atoms with van der Waals surface area (Å²) < 4.78 is 0. The number of rotatable bonds is 4. The molecule has 20 heavy (non-hydrogen) atoms. The second-order valence-electron chi connectivity index (χ2n) is 5.62. The summed E-state index contributed by atoms with van der Waals surface area (Å²) in [6, 6.07) is 2.75. The zero-order valence-corrected chi connectivity index (χ0v) is 12.6. The van der Waals surface area contributed by atoms with Crippen molar-refractivity contribution >= 4 is 17.6 Å². The standard InChI is InChI=1S/C14H22N4O2/c1-9(12(19)18-14(2,3)4)17-13(20)10-6-7-11(15-5)16-8-10/h6-9H,1-5H3,(H,15,16)(H,17,20)(H,18,19). The zero-order chi connectivity index (χ0) is 15.3. The average Bonchev–Trinajstić information content (AvgIpc) is 2.36. The van der Waals surface area contributed by atoms with Crippen LogP contribution in [0.1, 0.15) is 38.1 Å². The Labute approximate surface area is 119 Å². The highest BCUT2D eigenvalue weighted by Gasteiger charge is 2.21. The maximum absolute atomic E-state index is 12.0. The van der Waals surface area contributed by atoms with Gasteiger partial charge in [0, 0.05) is 18.8 Å². The number of pyridine rings is 1. The van der Waals surface area contributed by atoms with Gasteiger partial charge < -0.3 is 16.0 Å². The lowest BCUT2D eigenvalue weighted by molar-refractivity contribution is -0.124. The van der Waals surface area contributed by atoms with Crippen molar-refractivity contribution in [1.29, 1.82) is 0 Å². The lowest BCUT2D eigenvalue weighted by Crippen LogP contribution is -2.50. The van der Waals surface area contributed by atoms with E-state index in [1.54, 1.807) is 26.1 Å². The van der Waals surface area contributed by atoms with Crippen molar-refractivity contribution in [3.8, 4) is 0 Å². The molecule has 0 aliphatic carbocycles. The Bertz CT molecular complexity index is 477. The molecule has 0 aliphatic rings. The number of nitrogens with zero attached hydrogens (tertiary/aromatic N) is 1. The summed E-state index contributed by atoms with van der Waals surface area (Å²) in [5, 5.41) is 8.33. The van der Waals surface area contributed by atoms with E-state index in [0.29, 0.717) is 11.4 Å². The van der Waals surface area contributed by atoms with Crippen LogP contribution in [0, 0.1) is 0 Å². The van der Waals surface area contributed by atoms with E-state index >= 15 is 0 Å². The van der Waals surface area contributed by atoms with Crippen LogP contribution in [0.25, 0.3) is 0 Å². The summed E-state index contributed by atoms with van der Waals surface area (Å²) in [5.74, 6) is 0.141. The summed E-state index contributed by atoms with van der Waals surface area (Å²) in [6.07, 6.45) is 1.47. The molecule has 0 radical (unpaired) electrons. The van der Waals surface area contributed by atoms with Crippen LogP contribution in [0.15, 0.2) is 18.3 Å². The fourth-order valence-electron chi connectivity index (χ4n) is 1.50. The van der Waals surface area contributed by atoms with Crippen LogP contribution >= 0.6 is 0 Å². The fourth-order valence-corrected chi connectivity index (χ4v) is 1.50. The van der Waals surface area contributed by atoms with Gasteiger partial charge in [0.15, 0.2) is 0 Å². The Balaban J connectivity index is 2.62.